The van der Waals surface area contributed by atoms with Crippen LogP contribution in [0.15, 0.2) is 18.2 Å². The molecule has 0 unspecified atom stereocenters. The van der Waals surface area contributed by atoms with Crippen molar-refractivity contribution in [1.82, 2.24) is 0 Å². The van der Waals surface area contributed by atoms with Crippen LogP contribution in [0.5, 0.6) is 5.75 Å². The first-order valence-corrected chi connectivity index (χ1v) is 5.77. The van der Waals surface area contributed by atoms with Gasteiger partial charge in [-0.05, 0) is 17.7 Å². The quantitative estimate of drug-likeness (QED) is 0.868. The highest BCUT2D eigenvalue weighted by Gasteiger charge is 2.06. The number of hydrogen-bond acceptors (Lipinski definition) is 4. The molecule has 1 rings (SSSR count). The fourth-order valence-electron chi connectivity index (χ4n) is 0.944. The summed E-state index contributed by atoms with van der Waals surface area (Å²) >= 11 is 5.78. The van der Waals surface area contributed by atoms with E-state index in [1.165, 1.54) is 7.11 Å². The summed E-state index contributed by atoms with van der Waals surface area (Å²) in [5, 5.41) is 5.12. The summed E-state index contributed by atoms with van der Waals surface area (Å²) in [5.41, 5.74) is 0.602. The van der Waals surface area contributed by atoms with Crippen molar-refractivity contribution in [2.45, 2.75) is 6.61 Å². The number of rotatable bonds is 4. The molecule has 5 nitrogen and oxygen atoms in total. The zero-order chi connectivity index (χ0) is 11.5. The van der Waals surface area contributed by atoms with Crippen LogP contribution in [0.2, 0.25) is 5.02 Å². The number of halogens is 1. The van der Waals surface area contributed by atoms with Crippen molar-refractivity contribution < 1.29 is 17.3 Å². The maximum Gasteiger partial charge on any atom is 0.333 e. The van der Waals surface area contributed by atoms with Crippen LogP contribution in [0.4, 0.5) is 0 Å². The molecule has 1 aromatic rings. The molecule has 0 spiro atoms. The third-order valence-corrected chi connectivity index (χ3v) is 2.36. The first-order valence-electron chi connectivity index (χ1n) is 3.92. The number of benzene rings is 1. The second kappa shape index (κ2) is 4.80. The lowest BCUT2D eigenvalue weighted by atomic mass is 10.2. The van der Waals surface area contributed by atoms with Crippen molar-refractivity contribution in [2.24, 2.45) is 5.14 Å². The molecule has 0 aliphatic rings. The highest BCUT2D eigenvalue weighted by Crippen LogP contribution is 2.25. The van der Waals surface area contributed by atoms with E-state index in [1.54, 1.807) is 18.2 Å². The monoisotopic (exact) mass is 251 g/mol. The lowest BCUT2D eigenvalue weighted by Crippen LogP contribution is -2.15. The maximum absolute atomic E-state index is 10.5. The van der Waals surface area contributed by atoms with Crippen LogP contribution >= 0.6 is 11.6 Å². The number of nitrogens with two attached hydrogens (primary N) is 1. The van der Waals surface area contributed by atoms with E-state index in [0.717, 1.165) is 0 Å². The molecule has 0 aromatic heterocycles. The topological polar surface area (TPSA) is 78.6 Å². The van der Waals surface area contributed by atoms with Gasteiger partial charge in [-0.3, -0.25) is 4.18 Å². The van der Waals surface area contributed by atoms with Crippen molar-refractivity contribution in [2.75, 3.05) is 7.11 Å². The van der Waals surface area contributed by atoms with Gasteiger partial charge in [0.1, 0.15) is 5.75 Å². The summed E-state index contributed by atoms with van der Waals surface area (Å²) in [4.78, 5) is 0. The lowest BCUT2D eigenvalue weighted by Gasteiger charge is -2.06. The van der Waals surface area contributed by atoms with E-state index in [4.69, 9.17) is 16.3 Å². The molecule has 1 aromatic carbocycles. The van der Waals surface area contributed by atoms with Gasteiger partial charge in [-0.2, -0.15) is 8.42 Å². The van der Waals surface area contributed by atoms with Gasteiger partial charge in [-0.25, -0.2) is 5.14 Å². The SMILES string of the molecule is COc1cc(COS(N)(=O)=O)ccc1Cl. The average molecular weight is 252 g/mol. The molecule has 0 atom stereocenters. The third-order valence-electron chi connectivity index (χ3n) is 1.61. The smallest absolute Gasteiger partial charge is 0.333 e. The van der Waals surface area contributed by atoms with E-state index in [0.29, 0.717) is 16.3 Å². The van der Waals surface area contributed by atoms with Crippen molar-refractivity contribution in [3.63, 3.8) is 0 Å². The summed E-state index contributed by atoms with van der Waals surface area (Å²) in [7, 11) is -2.46. The third kappa shape index (κ3) is 4.05. The molecule has 0 amide bonds. The second-order valence-electron chi connectivity index (χ2n) is 2.72. The van der Waals surface area contributed by atoms with Crippen molar-refractivity contribution in [1.29, 1.82) is 0 Å². The Morgan fingerprint density at radius 1 is 1.47 bits per heavy atom. The second-order valence-corrected chi connectivity index (χ2v) is 4.35. The molecule has 0 aliphatic heterocycles. The Labute approximate surface area is 93.0 Å². The molecule has 15 heavy (non-hydrogen) atoms. The summed E-state index contributed by atoms with van der Waals surface area (Å²) in [6.07, 6.45) is 0. The van der Waals surface area contributed by atoms with Crippen LogP contribution in [0.1, 0.15) is 5.56 Å². The average Bonchev–Trinajstić information content (AvgIpc) is 2.15. The minimum absolute atomic E-state index is 0.146. The van der Waals surface area contributed by atoms with Crippen molar-refractivity contribution >= 4 is 21.9 Å². The van der Waals surface area contributed by atoms with Gasteiger partial charge in [0.2, 0.25) is 0 Å². The fraction of sp³-hybridized carbons (Fsp3) is 0.250. The standard InChI is InChI=1S/C8H10ClNO4S/c1-13-8-4-6(2-3-7(8)9)5-14-15(10,11)12/h2-4H,5H2,1H3,(H2,10,11,12). The van der Waals surface area contributed by atoms with Crippen LogP contribution in [0, 0.1) is 0 Å². The van der Waals surface area contributed by atoms with E-state index in [2.05, 4.69) is 9.32 Å². The molecular formula is C8H10ClNO4S. The van der Waals surface area contributed by atoms with Gasteiger partial charge < -0.3 is 4.74 Å². The molecule has 0 saturated carbocycles. The molecular weight excluding hydrogens is 242 g/mol. The summed E-state index contributed by atoms with van der Waals surface area (Å²) in [6.45, 7) is -0.146. The number of hydrogen-bond donors (Lipinski definition) is 1. The predicted molar refractivity (Wildman–Crippen MR) is 55.9 cm³/mol. The Morgan fingerprint density at radius 3 is 2.67 bits per heavy atom. The number of ether oxygens (including phenoxy) is 1. The first-order chi connectivity index (χ1) is 6.92. The Hall–Kier alpha value is -0.820. The van der Waals surface area contributed by atoms with Gasteiger partial charge in [0.25, 0.3) is 0 Å². The molecule has 0 saturated heterocycles. The van der Waals surface area contributed by atoms with Gasteiger partial charge in [0.15, 0.2) is 0 Å². The zero-order valence-corrected chi connectivity index (χ0v) is 9.51. The minimum Gasteiger partial charge on any atom is -0.495 e. The van der Waals surface area contributed by atoms with Crippen LogP contribution < -0.4 is 9.88 Å². The fourth-order valence-corrected chi connectivity index (χ4v) is 1.44. The molecule has 0 radical (unpaired) electrons. The number of methoxy groups -OCH3 is 1. The molecule has 7 heteroatoms. The van der Waals surface area contributed by atoms with E-state index in [9.17, 15) is 8.42 Å². The van der Waals surface area contributed by atoms with E-state index >= 15 is 0 Å². The zero-order valence-electron chi connectivity index (χ0n) is 7.94. The van der Waals surface area contributed by atoms with Crippen molar-refractivity contribution in [3.05, 3.63) is 28.8 Å². The van der Waals surface area contributed by atoms with Gasteiger partial charge >= 0.3 is 10.3 Å². The van der Waals surface area contributed by atoms with E-state index < -0.39 is 10.3 Å². The highest BCUT2D eigenvalue weighted by molar-refractivity contribution is 7.84. The first kappa shape index (κ1) is 12.3. The Morgan fingerprint density at radius 2 is 2.13 bits per heavy atom. The normalized spacial score (nSPS) is 11.4. The van der Waals surface area contributed by atoms with E-state index in [1.807, 2.05) is 0 Å². The Kier molecular flexibility index (Phi) is 3.92. The molecule has 0 bridgehead atoms. The maximum atomic E-state index is 10.5. The molecule has 0 aliphatic carbocycles. The van der Waals surface area contributed by atoms with Gasteiger partial charge in [0.05, 0.1) is 18.7 Å². The van der Waals surface area contributed by atoms with Crippen LogP contribution in [-0.4, -0.2) is 15.5 Å². The van der Waals surface area contributed by atoms with Crippen molar-refractivity contribution in [3.8, 4) is 5.75 Å². The van der Waals surface area contributed by atoms with E-state index in [-0.39, 0.29) is 6.61 Å². The summed E-state index contributed by atoms with van der Waals surface area (Å²) in [6, 6.07) is 4.78. The van der Waals surface area contributed by atoms with Gasteiger partial charge in [-0.15, -0.1) is 0 Å². The van der Waals surface area contributed by atoms with Gasteiger partial charge in [-0.1, -0.05) is 17.7 Å². The highest BCUT2D eigenvalue weighted by atomic mass is 35.5. The predicted octanol–water partition coefficient (Wildman–Crippen LogP) is 1.07. The molecule has 2 N–H and O–H groups in total. The van der Waals surface area contributed by atoms with Gasteiger partial charge in [0, 0.05) is 0 Å². The minimum atomic E-state index is -3.93. The Bertz CT molecular complexity index is 446. The Balaban J connectivity index is 2.79. The van der Waals surface area contributed by atoms with Crippen LogP contribution in [0.3, 0.4) is 0 Å². The summed E-state index contributed by atoms with van der Waals surface area (Å²) in [5.74, 6) is 0.451. The molecule has 0 fully saturated rings. The van der Waals surface area contributed by atoms with Crippen LogP contribution in [-0.2, 0) is 21.1 Å². The van der Waals surface area contributed by atoms with Crippen LogP contribution in [0.25, 0.3) is 0 Å². The summed E-state index contributed by atoms with van der Waals surface area (Å²) < 4.78 is 30.4. The lowest BCUT2D eigenvalue weighted by molar-refractivity contribution is 0.307. The molecule has 84 valence electrons. The largest absolute Gasteiger partial charge is 0.495 e. The molecule has 0 heterocycles.